The number of phenols is 1. The number of nitrogens with zero attached hydrogens (tertiary/aromatic N) is 1. The van der Waals surface area contributed by atoms with Crippen molar-refractivity contribution in [1.82, 2.24) is 4.90 Å². The lowest BCUT2D eigenvalue weighted by Crippen LogP contribution is -2.48. The highest BCUT2D eigenvalue weighted by atomic mass is 19.1. The molecule has 1 heterocycles. The number of morpholine rings is 1. The minimum absolute atomic E-state index is 0.0505. The number of amides is 1. The summed E-state index contributed by atoms with van der Waals surface area (Å²) in [7, 11) is 0. The lowest BCUT2D eigenvalue weighted by Gasteiger charge is -2.32. The van der Waals surface area contributed by atoms with E-state index in [1.165, 1.54) is 17.0 Å². The van der Waals surface area contributed by atoms with Gasteiger partial charge in [0.05, 0.1) is 18.3 Å². The maximum Gasteiger partial charge on any atom is 0.257 e. The zero-order valence-electron chi connectivity index (χ0n) is 9.80. The van der Waals surface area contributed by atoms with Crippen molar-refractivity contribution < 1.29 is 19.0 Å². The summed E-state index contributed by atoms with van der Waals surface area (Å²) in [4.78, 5) is 13.6. The molecule has 1 amide bonds. The standard InChI is InChI=1S/C12H15FN2O3/c13-11-5-8(16)1-2-10(11)12(17)15-3-4-18-9(6-14)7-15/h1-2,5,9,16H,3-4,6-7,14H2. The Hall–Kier alpha value is -1.66. The van der Waals surface area contributed by atoms with Crippen LogP contribution < -0.4 is 5.73 Å². The van der Waals surface area contributed by atoms with Gasteiger partial charge in [-0.05, 0) is 12.1 Å². The fourth-order valence-electron chi connectivity index (χ4n) is 1.89. The van der Waals surface area contributed by atoms with Gasteiger partial charge >= 0.3 is 0 Å². The largest absolute Gasteiger partial charge is 0.508 e. The topological polar surface area (TPSA) is 75.8 Å². The number of halogens is 1. The van der Waals surface area contributed by atoms with Gasteiger partial charge in [0.15, 0.2) is 0 Å². The van der Waals surface area contributed by atoms with Crippen LogP contribution in [0.4, 0.5) is 4.39 Å². The molecule has 0 aliphatic carbocycles. The molecule has 1 fully saturated rings. The van der Waals surface area contributed by atoms with Crippen molar-refractivity contribution in [3.63, 3.8) is 0 Å². The zero-order valence-corrected chi connectivity index (χ0v) is 9.80. The van der Waals surface area contributed by atoms with Crippen LogP contribution in [0.1, 0.15) is 10.4 Å². The molecular formula is C12H15FN2O3. The van der Waals surface area contributed by atoms with E-state index in [0.717, 1.165) is 6.07 Å². The highest BCUT2D eigenvalue weighted by Gasteiger charge is 2.25. The third-order valence-electron chi connectivity index (χ3n) is 2.87. The molecule has 6 heteroatoms. The number of carbonyl (C=O) groups excluding carboxylic acids is 1. The van der Waals surface area contributed by atoms with Gasteiger partial charge in [-0.25, -0.2) is 4.39 Å². The lowest BCUT2D eigenvalue weighted by molar-refractivity contribution is -0.0169. The van der Waals surface area contributed by atoms with Gasteiger partial charge in [0.25, 0.3) is 5.91 Å². The molecule has 1 aromatic carbocycles. The maximum atomic E-state index is 13.6. The molecule has 0 aromatic heterocycles. The van der Waals surface area contributed by atoms with Crippen LogP contribution in [0.15, 0.2) is 18.2 Å². The number of rotatable bonds is 2. The van der Waals surface area contributed by atoms with E-state index in [-0.39, 0.29) is 17.4 Å². The van der Waals surface area contributed by atoms with E-state index in [2.05, 4.69) is 0 Å². The average molecular weight is 254 g/mol. The molecule has 5 nitrogen and oxygen atoms in total. The van der Waals surface area contributed by atoms with E-state index in [1.807, 2.05) is 0 Å². The SMILES string of the molecule is NCC1CN(C(=O)c2ccc(O)cc2F)CCO1. The molecule has 98 valence electrons. The molecule has 0 radical (unpaired) electrons. The fourth-order valence-corrected chi connectivity index (χ4v) is 1.89. The van der Waals surface area contributed by atoms with Crippen molar-refractivity contribution >= 4 is 5.91 Å². The number of hydrogen-bond acceptors (Lipinski definition) is 4. The average Bonchev–Trinajstić information content (AvgIpc) is 2.38. The smallest absolute Gasteiger partial charge is 0.257 e. The second-order valence-corrected chi connectivity index (χ2v) is 4.14. The number of hydrogen-bond donors (Lipinski definition) is 2. The summed E-state index contributed by atoms with van der Waals surface area (Å²) in [5.41, 5.74) is 5.43. The van der Waals surface area contributed by atoms with Crippen LogP contribution in [-0.4, -0.2) is 48.3 Å². The molecule has 1 atom stereocenters. The first-order valence-electron chi connectivity index (χ1n) is 5.71. The Bertz CT molecular complexity index is 453. The number of nitrogens with two attached hydrogens (primary N) is 1. The molecule has 0 bridgehead atoms. The first-order chi connectivity index (χ1) is 8.61. The molecule has 1 unspecified atom stereocenters. The van der Waals surface area contributed by atoms with E-state index >= 15 is 0 Å². The van der Waals surface area contributed by atoms with Gasteiger partial charge in [-0.15, -0.1) is 0 Å². The number of phenolic OH excluding ortho intramolecular Hbond substituents is 1. The molecule has 1 saturated heterocycles. The van der Waals surface area contributed by atoms with Crippen molar-refractivity contribution in [3.05, 3.63) is 29.6 Å². The number of ether oxygens (including phenoxy) is 1. The zero-order chi connectivity index (χ0) is 13.1. The summed E-state index contributed by atoms with van der Waals surface area (Å²) >= 11 is 0. The third kappa shape index (κ3) is 2.60. The van der Waals surface area contributed by atoms with Crippen LogP contribution in [-0.2, 0) is 4.74 Å². The van der Waals surface area contributed by atoms with Crippen LogP contribution in [0.2, 0.25) is 0 Å². The molecule has 1 aromatic rings. The van der Waals surface area contributed by atoms with Gasteiger partial charge in [-0.1, -0.05) is 0 Å². The fraction of sp³-hybridized carbons (Fsp3) is 0.417. The van der Waals surface area contributed by atoms with Gasteiger partial charge in [-0.3, -0.25) is 4.79 Å². The minimum atomic E-state index is -0.726. The van der Waals surface area contributed by atoms with Crippen molar-refractivity contribution in [3.8, 4) is 5.75 Å². The summed E-state index contributed by atoms with van der Waals surface area (Å²) in [6, 6.07) is 3.49. The Morgan fingerprint density at radius 2 is 2.39 bits per heavy atom. The first-order valence-corrected chi connectivity index (χ1v) is 5.71. The summed E-state index contributed by atoms with van der Waals surface area (Å²) in [5.74, 6) is -1.34. The molecule has 3 N–H and O–H groups in total. The quantitative estimate of drug-likeness (QED) is 0.797. The van der Waals surface area contributed by atoms with E-state index in [0.29, 0.717) is 26.2 Å². The monoisotopic (exact) mass is 254 g/mol. The highest BCUT2D eigenvalue weighted by Crippen LogP contribution is 2.18. The predicted octanol–water partition coefficient (Wildman–Crippen LogP) is 0.331. The second-order valence-electron chi connectivity index (χ2n) is 4.14. The Morgan fingerprint density at radius 1 is 1.61 bits per heavy atom. The molecule has 0 spiro atoms. The van der Waals surface area contributed by atoms with Gasteiger partial charge in [0, 0.05) is 25.7 Å². The Labute approximate surface area is 104 Å². The van der Waals surface area contributed by atoms with Crippen LogP contribution in [0.5, 0.6) is 5.75 Å². The van der Waals surface area contributed by atoms with Gasteiger partial charge in [-0.2, -0.15) is 0 Å². The maximum absolute atomic E-state index is 13.6. The van der Waals surface area contributed by atoms with E-state index in [4.69, 9.17) is 15.6 Å². The summed E-state index contributed by atoms with van der Waals surface area (Å²) in [5, 5.41) is 9.11. The van der Waals surface area contributed by atoms with E-state index in [1.54, 1.807) is 0 Å². The van der Waals surface area contributed by atoms with Crippen molar-refractivity contribution in [2.75, 3.05) is 26.2 Å². The molecule has 1 aliphatic heterocycles. The van der Waals surface area contributed by atoms with Gasteiger partial charge < -0.3 is 20.5 Å². The Morgan fingerprint density at radius 3 is 3.06 bits per heavy atom. The van der Waals surface area contributed by atoms with Crippen LogP contribution >= 0.6 is 0 Å². The van der Waals surface area contributed by atoms with Crippen LogP contribution in [0, 0.1) is 5.82 Å². The van der Waals surface area contributed by atoms with Crippen LogP contribution in [0.3, 0.4) is 0 Å². The minimum Gasteiger partial charge on any atom is -0.508 e. The van der Waals surface area contributed by atoms with Crippen molar-refractivity contribution in [2.24, 2.45) is 5.73 Å². The predicted molar refractivity (Wildman–Crippen MR) is 62.8 cm³/mol. The van der Waals surface area contributed by atoms with Crippen LogP contribution in [0.25, 0.3) is 0 Å². The Balaban J connectivity index is 2.15. The Kier molecular flexibility index (Phi) is 3.78. The van der Waals surface area contributed by atoms with Crippen molar-refractivity contribution in [2.45, 2.75) is 6.10 Å². The van der Waals surface area contributed by atoms with Crippen molar-refractivity contribution in [1.29, 1.82) is 0 Å². The molecule has 0 saturated carbocycles. The first kappa shape index (κ1) is 12.8. The van der Waals surface area contributed by atoms with E-state index < -0.39 is 11.7 Å². The molecule has 18 heavy (non-hydrogen) atoms. The lowest BCUT2D eigenvalue weighted by atomic mass is 10.1. The highest BCUT2D eigenvalue weighted by molar-refractivity contribution is 5.94. The third-order valence-corrected chi connectivity index (χ3v) is 2.87. The molecular weight excluding hydrogens is 239 g/mol. The van der Waals surface area contributed by atoms with Gasteiger partial charge in [0.2, 0.25) is 0 Å². The van der Waals surface area contributed by atoms with E-state index in [9.17, 15) is 9.18 Å². The van der Waals surface area contributed by atoms with Gasteiger partial charge in [0.1, 0.15) is 11.6 Å². The number of aromatic hydroxyl groups is 1. The summed E-state index contributed by atoms with van der Waals surface area (Å²) in [6.45, 7) is 1.49. The second kappa shape index (κ2) is 5.32. The molecule has 2 rings (SSSR count). The summed E-state index contributed by atoms with van der Waals surface area (Å²) in [6.07, 6.45) is -0.206. The molecule has 1 aliphatic rings. The number of carbonyl (C=O) groups is 1. The normalized spacial score (nSPS) is 19.9. The number of benzene rings is 1. The summed E-state index contributed by atoms with van der Waals surface area (Å²) < 4.78 is 18.9.